The minimum absolute atomic E-state index is 0.134. The molecule has 2 aliphatic rings. The number of aromatic nitrogens is 1. The van der Waals surface area contributed by atoms with Crippen LogP contribution in [0, 0.1) is 19.7 Å². The summed E-state index contributed by atoms with van der Waals surface area (Å²) in [7, 11) is 0. The first-order valence-electron chi connectivity index (χ1n) is 7.34. The molecule has 21 heavy (non-hydrogen) atoms. The van der Waals surface area contributed by atoms with Crippen molar-refractivity contribution < 1.29 is 4.39 Å². The van der Waals surface area contributed by atoms with Crippen LogP contribution in [0.3, 0.4) is 0 Å². The molecule has 4 rings (SSSR count). The van der Waals surface area contributed by atoms with Gasteiger partial charge in [-0.1, -0.05) is 6.07 Å². The number of hydrogen-bond donors (Lipinski definition) is 1. The fraction of sp³-hybridized carbons (Fsp3) is 0.353. The smallest absolute Gasteiger partial charge is 0.129 e. The molecule has 3 nitrogen and oxygen atoms in total. The highest BCUT2D eigenvalue weighted by Gasteiger charge is 2.43. The van der Waals surface area contributed by atoms with Gasteiger partial charge in [-0.05, 0) is 55.2 Å². The second-order valence-electron chi connectivity index (χ2n) is 6.17. The SMILES string of the molecule is Cc1cc(N2CC3CC2c2ccc(F)cc23)nc(C)c1N. The van der Waals surface area contributed by atoms with Gasteiger partial charge in [0.1, 0.15) is 11.6 Å². The molecular weight excluding hydrogens is 265 g/mol. The highest BCUT2D eigenvalue weighted by atomic mass is 19.1. The van der Waals surface area contributed by atoms with E-state index in [9.17, 15) is 4.39 Å². The van der Waals surface area contributed by atoms with Crippen molar-refractivity contribution in [2.45, 2.75) is 32.2 Å². The summed E-state index contributed by atoms with van der Waals surface area (Å²) in [5.74, 6) is 1.27. The maximum atomic E-state index is 13.4. The van der Waals surface area contributed by atoms with Crippen LogP contribution in [0.2, 0.25) is 0 Å². The third-order valence-corrected chi connectivity index (χ3v) is 4.89. The third kappa shape index (κ3) is 1.75. The van der Waals surface area contributed by atoms with Crippen LogP contribution in [-0.4, -0.2) is 11.5 Å². The van der Waals surface area contributed by atoms with Crippen LogP contribution in [0.1, 0.15) is 40.8 Å². The number of nitrogens with two attached hydrogens (primary N) is 1. The lowest BCUT2D eigenvalue weighted by Gasteiger charge is -2.30. The average molecular weight is 283 g/mol. The first kappa shape index (κ1) is 12.6. The van der Waals surface area contributed by atoms with Gasteiger partial charge in [-0.15, -0.1) is 0 Å². The molecule has 1 aliphatic heterocycles. The van der Waals surface area contributed by atoms with Crippen LogP contribution in [-0.2, 0) is 0 Å². The van der Waals surface area contributed by atoms with Gasteiger partial charge in [0.2, 0.25) is 0 Å². The maximum absolute atomic E-state index is 13.4. The summed E-state index contributed by atoms with van der Waals surface area (Å²) in [4.78, 5) is 6.99. The molecule has 1 saturated heterocycles. The minimum Gasteiger partial charge on any atom is -0.397 e. The normalized spacial score (nSPS) is 22.7. The van der Waals surface area contributed by atoms with Crippen molar-refractivity contribution in [1.82, 2.24) is 4.98 Å². The summed E-state index contributed by atoms with van der Waals surface area (Å²) in [6.07, 6.45) is 1.06. The van der Waals surface area contributed by atoms with E-state index in [4.69, 9.17) is 5.73 Å². The quantitative estimate of drug-likeness (QED) is 0.871. The number of pyridine rings is 1. The number of nitrogens with zero attached hydrogens (tertiary/aromatic N) is 2. The molecule has 2 heterocycles. The van der Waals surface area contributed by atoms with Gasteiger partial charge >= 0.3 is 0 Å². The van der Waals surface area contributed by atoms with Gasteiger partial charge in [-0.3, -0.25) is 0 Å². The Kier molecular flexibility index (Phi) is 2.52. The van der Waals surface area contributed by atoms with E-state index >= 15 is 0 Å². The number of anilines is 2. The van der Waals surface area contributed by atoms with Gasteiger partial charge in [-0.25, -0.2) is 9.37 Å². The Morgan fingerprint density at radius 2 is 2.05 bits per heavy atom. The second-order valence-corrected chi connectivity index (χ2v) is 6.17. The summed E-state index contributed by atoms with van der Waals surface area (Å²) < 4.78 is 13.4. The molecule has 2 N–H and O–H groups in total. The van der Waals surface area contributed by atoms with Gasteiger partial charge in [-0.2, -0.15) is 0 Å². The Balaban J connectivity index is 1.76. The first-order chi connectivity index (χ1) is 10.0. The molecule has 4 heteroatoms. The number of fused-ring (bicyclic) bond motifs is 5. The van der Waals surface area contributed by atoms with Crippen molar-refractivity contribution in [1.29, 1.82) is 0 Å². The largest absolute Gasteiger partial charge is 0.397 e. The monoisotopic (exact) mass is 283 g/mol. The summed E-state index contributed by atoms with van der Waals surface area (Å²) in [5, 5.41) is 0. The molecule has 108 valence electrons. The number of benzene rings is 1. The van der Waals surface area contributed by atoms with Crippen LogP contribution < -0.4 is 10.6 Å². The standard InChI is InChI=1S/C17H18FN3/c1-9-5-16(20-10(2)17(9)19)21-8-11-6-15(21)13-4-3-12(18)7-14(11)13/h3-5,7,11,15H,6,8,19H2,1-2H3. The number of rotatable bonds is 1. The maximum Gasteiger partial charge on any atom is 0.129 e. The first-order valence-corrected chi connectivity index (χ1v) is 7.34. The van der Waals surface area contributed by atoms with Gasteiger partial charge in [0.05, 0.1) is 17.4 Å². The Bertz CT molecular complexity index is 718. The van der Waals surface area contributed by atoms with Gasteiger partial charge in [0.15, 0.2) is 0 Å². The van der Waals surface area contributed by atoms with Crippen LogP contribution in [0.4, 0.5) is 15.9 Å². The number of nitrogen functional groups attached to an aromatic ring is 1. The zero-order chi connectivity index (χ0) is 14.7. The lowest BCUT2D eigenvalue weighted by atomic mass is 9.99. The highest BCUT2D eigenvalue weighted by Crippen LogP contribution is 2.51. The molecule has 2 bridgehead atoms. The Hall–Kier alpha value is -2.10. The highest BCUT2D eigenvalue weighted by molar-refractivity contribution is 5.60. The zero-order valence-corrected chi connectivity index (χ0v) is 12.2. The molecular formula is C17H18FN3. The number of aryl methyl sites for hydroxylation is 2. The van der Waals surface area contributed by atoms with E-state index < -0.39 is 0 Å². The van der Waals surface area contributed by atoms with Gasteiger partial charge in [0.25, 0.3) is 0 Å². The lowest BCUT2D eigenvalue weighted by Crippen LogP contribution is -2.28. The number of hydrogen-bond acceptors (Lipinski definition) is 3. The third-order valence-electron chi connectivity index (χ3n) is 4.89. The summed E-state index contributed by atoms with van der Waals surface area (Å²) >= 11 is 0. The van der Waals surface area contributed by atoms with Crippen LogP contribution >= 0.6 is 0 Å². The molecule has 2 aromatic rings. The van der Waals surface area contributed by atoms with Crippen LogP contribution in [0.5, 0.6) is 0 Å². The molecule has 1 fully saturated rings. The fourth-order valence-electron chi connectivity index (χ4n) is 3.78. The Morgan fingerprint density at radius 1 is 1.24 bits per heavy atom. The van der Waals surface area contributed by atoms with E-state index in [-0.39, 0.29) is 5.82 Å². The van der Waals surface area contributed by atoms with Gasteiger partial charge < -0.3 is 10.6 Å². The van der Waals surface area contributed by atoms with Crippen molar-refractivity contribution in [3.05, 3.63) is 52.5 Å². The predicted octanol–water partition coefficient (Wildman–Crippen LogP) is 3.47. The van der Waals surface area contributed by atoms with E-state index in [1.165, 1.54) is 11.1 Å². The van der Waals surface area contributed by atoms with Crippen LogP contribution in [0.25, 0.3) is 0 Å². The molecule has 1 aliphatic carbocycles. The molecule has 0 spiro atoms. The van der Waals surface area contributed by atoms with Crippen molar-refractivity contribution in [2.24, 2.45) is 0 Å². The van der Waals surface area contributed by atoms with Crippen molar-refractivity contribution in [3.63, 3.8) is 0 Å². The summed E-state index contributed by atoms with van der Waals surface area (Å²) in [6.45, 7) is 4.88. The molecule has 0 amide bonds. The van der Waals surface area contributed by atoms with Crippen molar-refractivity contribution in [3.8, 4) is 0 Å². The predicted molar refractivity (Wildman–Crippen MR) is 82.0 cm³/mol. The molecule has 1 aromatic carbocycles. The summed E-state index contributed by atoms with van der Waals surface area (Å²) in [6, 6.07) is 7.57. The van der Waals surface area contributed by atoms with E-state index in [1.807, 2.05) is 19.9 Å². The minimum atomic E-state index is -0.134. The van der Waals surface area contributed by atoms with E-state index in [2.05, 4.69) is 16.0 Å². The lowest BCUT2D eigenvalue weighted by molar-refractivity contribution is 0.621. The molecule has 0 radical (unpaired) electrons. The Labute approximate surface area is 123 Å². The zero-order valence-electron chi connectivity index (χ0n) is 12.2. The second kappa shape index (κ2) is 4.20. The molecule has 2 atom stereocenters. The fourth-order valence-corrected chi connectivity index (χ4v) is 3.78. The topological polar surface area (TPSA) is 42.2 Å². The Morgan fingerprint density at radius 3 is 2.81 bits per heavy atom. The van der Waals surface area contributed by atoms with Crippen LogP contribution in [0.15, 0.2) is 24.3 Å². The summed E-state index contributed by atoms with van der Waals surface area (Å²) in [5.41, 5.74) is 11.1. The van der Waals surface area contributed by atoms with E-state index in [0.29, 0.717) is 12.0 Å². The van der Waals surface area contributed by atoms with Crippen molar-refractivity contribution >= 4 is 11.5 Å². The van der Waals surface area contributed by atoms with Gasteiger partial charge in [0, 0.05) is 12.5 Å². The molecule has 0 saturated carbocycles. The molecule has 1 aromatic heterocycles. The van der Waals surface area contributed by atoms with E-state index in [1.54, 1.807) is 12.1 Å². The van der Waals surface area contributed by atoms with E-state index in [0.717, 1.165) is 35.7 Å². The van der Waals surface area contributed by atoms with Crippen molar-refractivity contribution in [2.75, 3.05) is 17.2 Å². The average Bonchev–Trinajstić information content (AvgIpc) is 3.02. The molecule has 2 unspecified atom stereocenters. The number of halogens is 1.